The monoisotopic (exact) mass is 368 g/mol. The molecule has 6 nitrogen and oxygen atoms in total. The minimum atomic E-state index is -0.707. The minimum Gasteiger partial charge on any atom is -0.477 e. The fraction of sp³-hybridized carbons (Fsp3) is 0.0714. The second-order valence-electron chi connectivity index (χ2n) is 4.21. The van der Waals surface area contributed by atoms with Crippen molar-refractivity contribution in [3.8, 4) is 5.75 Å². The quantitative estimate of drug-likeness (QED) is 0.646. The van der Waals surface area contributed by atoms with E-state index in [-0.39, 0.29) is 5.75 Å². The Bertz CT molecular complexity index is 706. The summed E-state index contributed by atoms with van der Waals surface area (Å²) >= 11 is 3.26. The molecule has 0 spiro atoms. The molecule has 0 bridgehead atoms. The van der Waals surface area contributed by atoms with Crippen molar-refractivity contribution in [1.82, 2.24) is 0 Å². The first kappa shape index (κ1) is 15.9. The van der Waals surface area contributed by atoms with Crippen molar-refractivity contribution in [2.75, 3.05) is 11.9 Å². The highest BCUT2D eigenvalue weighted by molar-refractivity contribution is 9.10. The van der Waals surface area contributed by atoms with Gasteiger partial charge in [0.2, 0.25) is 5.75 Å². The molecule has 0 fully saturated rings. The average molecular weight is 369 g/mol. The number of carbonyl (C=O) groups excluding carboxylic acids is 1. The Hall–Kier alpha value is -2.48. The van der Waals surface area contributed by atoms with Gasteiger partial charge in [-0.3, -0.25) is 14.9 Å². The summed E-state index contributed by atoms with van der Waals surface area (Å²) in [5.41, 5.74) is 0.142. The number of amides is 1. The molecule has 0 radical (unpaired) electrons. The molecule has 2 rings (SSSR count). The lowest BCUT2D eigenvalue weighted by molar-refractivity contribution is -0.385. The highest BCUT2D eigenvalue weighted by Gasteiger charge is 2.17. The van der Waals surface area contributed by atoms with Gasteiger partial charge in [-0.15, -0.1) is 0 Å². The minimum absolute atomic E-state index is 0.295. The summed E-state index contributed by atoms with van der Waals surface area (Å²) in [7, 11) is 0. The molecular formula is C14H10BrFN2O4. The number of benzene rings is 2. The van der Waals surface area contributed by atoms with Crippen LogP contribution in [0.3, 0.4) is 0 Å². The van der Waals surface area contributed by atoms with Crippen molar-refractivity contribution in [1.29, 1.82) is 0 Å². The van der Waals surface area contributed by atoms with Crippen molar-refractivity contribution >= 4 is 33.2 Å². The summed E-state index contributed by atoms with van der Waals surface area (Å²) in [4.78, 5) is 21.8. The number of carbonyl (C=O) groups is 1. The number of hydrogen-bond acceptors (Lipinski definition) is 4. The zero-order valence-corrected chi connectivity index (χ0v) is 12.7. The van der Waals surface area contributed by atoms with Crippen LogP contribution in [-0.2, 0) is 4.79 Å². The van der Waals surface area contributed by atoms with E-state index in [0.717, 1.165) is 22.7 Å². The van der Waals surface area contributed by atoms with Crippen molar-refractivity contribution in [2.45, 2.75) is 0 Å². The fourth-order valence-corrected chi connectivity index (χ4v) is 1.89. The van der Waals surface area contributed by atoms with Crippen LogP contribution in [0.4, 0.5) is 15.8 Å². The van der Waals surface area contributed by atoms with Gasteiger partial charge in [-0.25, -0.2) is 4.39 Å². The Labute approximate surface area is 133 Å². The second-order valence-corrected chi connectivity index (χ2v) is 5.13. The van der Waals surface area contributed by atoms with E-state index < -0.39 is 28.9 Å². The molecule has 22 heavy (non-hydrogen) atoms. The van der Waals surface area contributed by atoms with Gasteiger partial charge in [0.1, 0.15) is 5.82 Å². The van der Waals surface area contributed by atoms with Gasteiger partial charge in [-0.2, -0.15) is 0 Å². The number of nitrogens with zero attached hydrogens (tertiary/aromatic N) is 1. The number of nitro benzene ring substituents is 1. The number of anilines is 1. The molecule has 0 saturated carbocycles. The zero-order chi connectivity index (χ0) is 16.1. The van der Waals surface area contributed by atoms with Crippen LogP contribution in [0.25, 0.3) is 0 Å². The Morgan fingerprint density at radius 3 is 2.59 bits per heavy atom. The predicted octanol–water partition coefficient (Wildman–Crippen LogP) is 3.51. The number of nitro groups is 1. The maximum absolute atomic E-state index is 13.1. The van der Waals surface area contributed by atoms with Gasteiger partial charge >= 0.3 is 5.69 Å². The molecule has 2 aromatic carbocycles. The van der Waals surface area contributed by atoms with E-state index in [9.17, 15) is 19.3 Å². The molecule has 8 heteroatoms. The van der Waals surface area contributed by atoms with Crippen molar-refractivity contribution < 1.29 is 18.8 Å². The van der Waals surface area contributed by atoms with Crippen LogP contribution in [0.1, 0.15) is 0 Å². The number of ether oxygens (including phenoxy) is 1. The number of nitrogens with one attached hydrogen (secondary N) is 1. The van der Waals surface area contributed by atoms with Crippen LogP contribution in [0, 0.1) is 15.9 Å². The largest absolute Gasteiger partial charge is 0.477 e. The average Bonchev–Trinajstić information content (AvgIpc) is 2.47. The van der Waals surface area contributed by atoms with Crippen LogP contribution in [0.2, 0.25) is 0 Å². The van der Waals surface area contributed by atoms with Gasteiger partial charge < -0.3 is 10.1 Å². The molecule has 0 aliphatic rings. The molecule has 0 aliphatic heterocycles. The molecule has 0 saturated heterocycles. The lowest BCUT2D eigenvalue weighted by Crippen LogP contribution is -2.20. The Kier molecular flexibility index (Phi) is 5.05. The third-order valence-electron chi connectivity index (χ3n) is 2.61. The number of halogens is 2. The highest BCUT2D eigenvalue weighted by atomic mass is 79.9. The maximum atomic E-state index is 13.1. The summed E-state index contributed by atoms with van der Waals surface area (Å²) in [5.74, 6) is -1.49. The highest BCUT2D eigenvalue weighted by Crippen LogP contribution is 2.27. The van der Waals surface area contributed by atoms with Gasteiger partial charge in [0, 0.05) is 22.3 Å². The zero-order valence-electron chi connectivity index (χ0n) is 11.1. The summed E-state index contributed by atoms with van der Waals surface area (Å²) < 4.78 is 19.0. The second kappa shape index (κ2) is 6.99. The fourth-order valence-electron chi connectivity index (χ4n) is 1.63. The summed E-state index contributed by atoms with van der Waals surface area (Å²) in [5, 5.41) is 13.4. The first-order valence-corrected chi connectivity index (χ1v) is 6.87. The van der Waals surface area contributed by atoms with Crippen LogP contribution in [0.5, 0.6) is 5.75 Å². The van der Waals surface area contributed by atoms with E-state index in [0.29, 0.717) is 5.69 Å². The van der Waals surface area contributed by atoms with Crippen LogP contribution >= 0.6 is 15.9 Å². The summed E-state index contributed by atoms with van der Waals surface area (Å²) in [6.45, 7) is -0.472. The molecular weight excluding hydrogens is 359 g/mol. The topological polar surface area (TPSA) is 81.5 Å². The van der Waals surface area contributed by atoms with Crippen LogP contribution < -0.4 is 10.1 Å². The first-order chi connectivity index (χ1) is 10.5. The van der Waals surface area contributed by atoms with Crippen molar-refractivity contribution in [3.63, 3.8) is 0 Å². The maximum Gasteiger partial charge on any atom is 0.311 e. The first-order valence-electron chi connectivity index (χ1n) is 6.08. The van der Waals surface area contributed by atoms with Crippen LogP contribution in [0.15, 0.2) is 46.9 Å². The van der Waals surface area contributed by atoms with E-state index in [1.165, 1.54) is 0 Å². The van der Waals surface area contributed by atoms with Gasteiger partial charge in [-0.1, -0.05) is 15.9 Å². The normalized spacial score (nSPS) is 10.1. The van der Waals surface area contributed by atoms with Crippen LogP contribution in [-0.4, -0.2) is 17.4 Å². The Balaban J connectivity index is 2.00. The van der Waals surface area contributed by atoms with E-state index in [1.807, 2.05) is 0 Å². The lowest BCUT2D eigenvalue weighted by atomic mass is 10.3. The molecule has 0 unspecified atom stereocenters. The SMILES string of the molecule is O=C(COc1cc(F)ccc1[N+](=O)[O-])Nc1ccc(Br)cc1. The van der Waals surface area contributed by atoms with Gasteiger partial charge in [0.25, 0.3) is 5.91 Å². The predicted molar refractivity (Wildman–Crippen MR) is 81.3 cm³/mol. The third kappa shape index (κ3) is 4.26. The molecule has 2 aromatic rings. The van der Waals surface area contributed by atoms with Gasteiger partial charge in [0.15, 0.2) is 6.61 Å². The molecule has 0 atom stereocenters. The Morgan fingerprint density at radius 2 is 1.95 bits per heavy atom. The van der Waals surface area contributed by atoms with Gasteiger partial charge in [0.05, 0.1) is 4.92 Å². The van der Waals surface area contributed by atoms with Crippen molar-refractivity contribution in [2.24, 2.45) is 0 Å². The Morgan fingerprint density at radius 1 is 1.27 bits per heavy atom. The summed E-state index contributed by atoms with van der Waals surface area (Å²) in [6, 6.07) is 9.64. The molecule has 0 aliphatic carbocycles. The smallest absolute Gasteiger partial charge is 0.311 e. The summed E-state index contributed by atoms with van der Waals surface area (Å²) in [6.07, 6.45) is 0. The van der Waals surface area contributed by atoms with Crippen molar-refractivity contribution in [3.05, 3.63) is 62.9 Å². The molecule has 1 N–H and O–H groups in total. The van der Waals surface area contributed by atoms with Gasteiger partial charge in [-0.05, 0) is 30.3 Å². The molecule has 1 amide bonds. The number of rotatable bonds is 5. The van der Waals surface area contributed by atoms with E-state index >= 15 is 0 Å². The van der Waals surface area contributed by atoms with E-state index in [2.05, 4.69) is 21.2 Å². The molecule has 114 valence electrons. The molecule has 0 aromatic heterocycles. The molecule has 0 heterocycles. The van der Waals surface area contributed by atoms with E-state index in [1.54, 1.807) is 24.3 Å². The van der Waals surface area contributed by atoms with E-state index in [4.69, 9.17) is 4.74 Å². The third-order valence-corrected chi connectivity index (χ3v) is 3.13. The lowest BCUT2D eigenvalue weighted by Gasteiger charge is -2.08. The standard InChI is InChI=1S/C14H10BrFN2O4/c15-9-1-4-11(5-2-9)17-14(19)8-22-13-7-10(16)3-6-12(13)18(20)21/h1-7H,8H2,(H,17,19). The number of hydrogen-bond donors (Lipinski definition) is 1.